The van der Waals surface area contributed by atoms with Crippen LogP contribution in [0.5, 0.6) is 0 Å². The number of carboxylic acids is 1. The molecule has 0 fully saturated rings. The van der Waals surface area contributed by atoms with Crippen molar-refractivity contribution in [2.24, 2.45) is 11.1 Å². The molecule has 0 radical (unpaired) electrons. The minimum atomic E-state index is -1.24. The van der Waals surface area contributed by atoms with Gasteiger partial charge in [-0.1, -0.05) is 34.1 Å². The van der Waals surface area contributed by atoms with Crippen molar-refractivity contribution in [2.45, 2.75) is 59.0 Å². The SMILES string of the molecule is CCCC(C)(NC(=O)C(N)C(C)(C)C)C(=O)O. The Kier molecular flexibility index (Phi) is 5.13. The highest BCUT2D eigenvalue weighted by molar-refractivity contribution is 5.89. The van der Waals surface area contributed by atoms with Crippen LogP contribution in [-0.4, -0.2) is 28.6 Å². The highest BCUT2D eigenvalue weighted by atomic mass is 16.4. The van der Waals surface area contributed by atoms with Crippen LogP contribution >= 0.6 is 0 Å². The largest absolute Gasteiger partial charge is 0.480 e. The molecule has 2 unspecified atom stereocenters. The molecule has 100 valence electrons. The molecule has 0 bridgehead atoms. The van der Waals surface area contributed by atoms with Crippen molar-refractivity contribution < 1.29 is 14.7 Å². The zero-order chi connectivity index (χ0) is 13.9. The van der Waals surface area contributed by atoms with Crippen molar-refractivity contribution in [3.8, 4) is 0 Å². The smallest absolute Gasteiger partial charge is 0.329 e. The summed E-state index contributed by atoms with van der Waals surface area (Å²) in [5, 5.41) is 11.7. The lowest BCUT2D eigenvalue weighted by Gasteiger charge is -2.31. The summed E-state index contributed by atoms with van der Waals surface area (Å²) < 4.78 is 0. The number of carboxylic acid groups (broad SMARTS) is 1. The lowest BCUT2D eigenvalue weighted by atomic mass is 9.86. The molecule has 0 aliphatic rings. The predicted molar refractivity (Wildman–Crippen MR) is 66.5 cm³/mol. The topological polar surface area (TPSA) is 92.4 Å². The molecule has 0 aromatic heterocycles. The average Bonchev–Trinajstić information content (AvgIpc) is 2.15. The van der Waals surface area contributed by atoms with E-state index in [9.17, 15) is 9.59 Å². The molecule has 0 rings (SSSR count). The van der Waals surface area contributed by atoms with E-state index in [4.69, 9.17) is 10.8 Å². The van der Waals surface area contributed by atoms with E-state index in [1.165, 1.54) is 6.92 Å². The zero-order valence-corrected chi connectivity index (χ0v) is 11.3. The Morgan fingerprint density at radius 2 is 1.76 bits per heavy atom. The van der Waals surface area contributed by atoms with E-state index in [0.717, 1.165) is 0 Å². The van der Waals surface area contributed by atoms with Gasteiger partial charge in [0.2, 0.25) is 5.91 Å². The van der Waals surface area contributed by atoms with Crippen molar-refractivity contribution in [2.75, 3.05) is 0 Å². The van der Waals surface area contributed by atoms with Gasteiger partial charge in [-0.15, -0.1) is 0 Å². The van der Waals surface area contributed by atoms with Gasteiger partial charge in [0.1, 0.15) is 5.54 Å². The molecule has 0 saturated heterocycles. The van der Waals surface area contributed by atoms with E-state index in [1.54, 1.807) is 0 Å². The fraction of sp³-hybridized carbons (Fsp3) is 0.833. The number of carbonyl (C=O) groups excluding carboxylic acids is 1. The molecule has 0 aromatic carbocycles. The van der Waals surface area contributed by atoms with Crippen LogP contribution in [0.4, 0.5) is 0 Å². The fourth-order valence-corrected chi connectivity index (χ4v) is 1.47. The molecule has 0 spiro atoms. The van der Waals surface area contributed by atoms with Gasteiger partial charge in [0.25, 0.3) is 0 Å². The number of nitrogens with one attached hydrogen (secondary N) is 1. The van der Waals surface area contributed by atoms with Crippen LogP contribution in [0.3, 0.4) is 0 Å². The van der Waals surface area contributed by atoms with Crippen molar-refractivity contribution in [3.63, 3.8) is 0 Å². The van der Waals surface area contributed by atoms with E-state index in [1.807, 2.05) is 27.7 Å². The minimum Gasteiger partial charge on any atom is -0.480 e. The Bertz CT molecular complexity index is 297. The van der Waals surface area contributed by atoms with Crippen LogP contribution in [-0.2, 0) is 9.59 Å². The standard InChI is InChI=1S/C12H24N2O3/c1-6-7-12(5,10(16)17)14-9(15)8(13)11(2,3)4/h8H,6-7,13H2,1-5H3,(H,14,15)(H,16,17). The number of rotatable bonds is 5. The van der Waals surface area contributed by atoms with Crippen LogP contribution in [0.2, 0.25) is 0 Å². The highest BCUT2D eigenvalue weighted by Crippen LogP contribution is 2.19. The quantitative estimate of drug-likeness (QED) is 0.675. The van der Waals surface area contributed by atoms with Crippen LogP contribution in [0.25, 0.3) is 0 Å². The van der Waals surface area contributed by atoms with Gasteiger partial charge in [-0.05, 0) is 18.8 Å². The first kappa shape index (κ1) is 15.9. The lowest BCUT2D eigenvalue weighted by molar-refractivity contribution is -0.147. The predicted octanol–water partition coefficient (Wildman–Crippen LogP) is 1.12. The summed E-state index contributed by atoms with van der Waals surface area (Å²) in [6.07, 6.45) is 1.05. The summed E-state index contributed by atoms with van der Waals surface area (Å²) in [5.74, 6) is -1.45. The van der Waals surface area contributed by atoms with Gasteiger partial charge in [-0.3, -0.25) is 4.79 Å². The maximum absolute atomic E-state index is 11.9. The molecule has 2 atom stereocenters. The van der Waals surface area contributed by atoms with Crippen LogP contribution in [0.1, 0.15) is 47.5 Å². The second kappa shape index (κ2) is 5.49. The average molecular weight is 244 g/mol. The number of nitrogens with two attached hydrogens (primary N) is 1. The number of hydrogen-bond donors (Lipinski definition) is 3. The summed E-state index contributed by atoms with van der Waals surface area (Å²) in [6, 6.07) is -0.724. The summed E-state index contributed by atoms with van der Waals surface area (Å²) in [6.45, 7) is 8.91. The zero-order valence-electron chi connectivity index (χ0n) is 11.3. The molecule has 0 saturated carbocycles. The maximum atomic E-state index is 11.9. The van der Waals surface area contributed by atoms with Crippen LogP contribution in [0, 0.1) is 5.41 Å². The number of carbonyl (C=O) groups is 2. The minimum absolute atomic E-state index is 0.380. The Morgan fingerprint density at radius 3 is 2.06 bits per heavy atom. The first-order chi connectivity index (χ1) is 7.54. The van der Waals surface area contributed by atoms with Gasteiger partial charge in [-0.2, -0.15) is 0 Å². The van der Waals surface area contributed by atoms with Crippen molar-refractivity contribution in [1.29, 1.82) is 0 Å². The molecule has 4 N–H and O–H groups in total. The first-order valence-corrected chi connectivity index (χ1v) is 5.85. The fourth-order valence-electron chi connectivity index (χ4n) is 1.47. The number of hydrogen-bond acceptors (Lipinski definition) is 3. The lowest BCUT2D eigenvalue weighted by Crippen LogP contribution is -2.58. The molecule has 1 amide bonds. The molecule has 0 aromatic rings. The van der Waals surface area contributed by atoms with E-state index in [0.29, 0.717) is 12.8 Å². The molecule has 0 aliphatic carbocycles. The number of amides is 1. The number of aliphatic carboxylic acids is 1. The maximum Gasteiger partial charge on any atom is 0.329 e. The van der Waals surface area contributed by atoms with Crippen molar-refractivity contribution in [1.82, 2.24) is 5.32 Å². The highest BCUT2D eigenvalue weighted by Gasteiger charge is 2.37. The van der Waals surface area contributed by atoms with E-state index < -0.39 is 28.9 Å². The summed E-state index contributed by atoms with van der Waals surface area (Å²) in [7, 11) is 0. The van der Waals surface area contributed by atoms with Gasteiger partial charge in [0.15, 0.2) is 0 Å². The normalized spacial score (nSPS) is 17.1. The summed E-state index contributed by atoms with van der Waals surface area (Å²) >= 11 is 0. The molecular formula is C12H24N2O3. The van der Waals surface area contributed by atoms with Crippen LogP contribution < -0.4 is 11.1 Å². The molecule has 0 aliphatic heterocycles. The third-order valence-electron chi connectivity index (χ3n) is 2.84. The molecule has 0 heterocycles. The van der Waals surface area contributed by atoms with Crippen molar-refractivity contribution in [3.05, 3.63) is 0 Å². The molecular weight excluding hydrogens is 220 g/mol. The van der Waals surface area contributed by atoms with E-state index in [2.05, 4.69) is 5.32 Å². The summed E-state index contributed by atoms with van der Waals surface area (Å²) in [4.78, 5) is 23.0. The van der Waals surface area contributed by atoms with Gasteiger partial charge in [0, 0.05) is 0 Å². The Hall–Kier alpha value is -1.10. The van der Waals surface area contributed by atoms with E-state index in [-0.39, 0.29) is 0 Å². The second-order valence-electron chi connectivity index (χ2n) is 5.72. The van der Waals surface area contributed by atoms with Gasteiger partial charge < -0.3 is 16.2 Å². The van der Waals surface area contributed by atoms with Gasteiger partial charge >= 0.3 is 5.97 Å². The van der Waals surface area contributed by atoms with Gasteiger partial charge in [-0.25, -0.2) is 4.79 Å². The third kappa shape index (κ3) is 4.34. The molecule has 5 nitrogen and oxygen atoms in total. The third-order valence-corrected chi connectivity index (χ3v) is 2.84. The Balaban J connectivity index is 4.80. The van der Waals surface area contributed by atoms with Crippen molar-refractivity contribution >= 4 is 11.9 Å². The summed E-state index contributed by atoms with van der Waals surface area (Å²) in [5.41, 5.74) is 4.16. The second-order valence-corrected chi connectivity index (χ2v) is 5.72. The van der Waals surface area contributed by atoms with Gasteiger partial charge in [0.05, 0.1) is 6.04 Å². The van der Waals surface area contributed by atoms with E-state index >= 15 is 0 Å². The molecule has 17 heavy (non-hydrogen) atoms. The molecule has 5 heteroatoms. The Morgan fingerprint density at radius 1 is 1.29 bits per heavy atom. The monoisotopic (exact) mass is 244 g/mol. The van der Waals surface area contributed by atoms with Crippen LogP contribution in [0.15, 0.2) is 0 Å². The Labute approximate surface area is 103 Å². The first-order valence-electron chi connectivity index (χ1n) is 5.85.